The van der Waals surface area contributed by atoms with Crippen molar-refractivity contribution in [3.8, 4) is 0 Å². The Morgan fingerprint density at radius 2 is 2.28 bits per heavy atom. The van der Waals surface area contributed by atoms with E-state index in [-0.39, 0.29) is 17.5 Å². The third-order valence-corrected chi connectivity index (χ3v) is 5.45. The Kier molecular flexibility index (Phi) is 4.04. The highest BCUT2D eigenvalue weighted by Gasteiger charge is 2.35. The number of hydrogen-bond donors (Lipinski definition) is 2. The molecule has 2 N–H and O–H groups in total. The molecule has 18 heavy (non-hydrogen) atoms. The minimum atomic E-state index is -3.49. The highest BCUT2D eigenvalue weighted by atomic mass is 32.2. The molecule has 0 aromatic carbocycles. The summed E-state index contributed by atoms with van der Waals surface area (Å²) in [5, 5.41) is 15.3. The van der Waals surface area contributed by atoms with E-state index in [1.807, 2.05) is 0 Å². The fourth-order valence-electron chi connectivity index (χ4n) is 2.13. The molecule has 0 aliphatic heterocycles. The first-order valence-electron chi connectivity index (χ1n) is 6.20. The molecule has 0 atom stereocenters. The van der Waals surface area contributed by atoms with Crippen LogP contribution in [0.5, 0.6) is 0 Å². The standard InChI is InChI=1S/C11H19N3O3S/c1-9-11(8-12-13-9)18(16,17)14(6-3-7-15)10-4-2-5-10/h8,10,15H,2-7H2,1H3,(H,12,13). The topological polar surface area (TPSA) is 86.3 Å². The van der Waals surface area contributed by atoms with E-state index in [9.17, 15) is 8.42 Å². The van der Waals surface area contributed by atoms with E-state index in [4.69, 9.17) is 5.11 Å². The molecule has 0 unspecified atom stereocenters. The smallest absolute Gasteiger partial charge is 0.246 e. The van der Waals surface area contributed by atoms with Crippen molar-refractivity contribution in [2.24, 2.45) is 0 Å². The van der Waals surface area contributed by atoms with E-state index in [1.54, 1.807) is 6.92 Å². The summed E-state index contributed by atoms with van der Waals surface area (Å²) in [4.78, 5) is 0.243. The van der Waals surface area contributed by atoms with Crippen LogP contribution in [0.1, 0.15) is 31.4 Å². The first kappa shape index (κ1) is 13.5. The molecule has 0 saturated heterocycles. The third-order valence-electron chi connectivity index (χ3n) is 3.39. The molecule has 102 valence electrons. The molecular formula is C11H19N3O3S. The number of aromatic nitrogens is 2. The summed E-state index contributed by atoms with van der Waals surface area (Å²) < 4.78 is 26.6. The zero-order chi connectivity index (χ0) is 13.2. The van der Waals surface area contributed by atoms with Gasteiger partial charge in [-0.2, -0.15) is 9.40 Å². The summed E-state index contributed by atoms with van der Waals surface area (Å²) in [6.45, 7) is 2.07. The maximum Gasteiger partial charge on any atom is 0.246 e. The highest BCUT2D eigenvalue weighted by molar-refractivity contribution is 7.89. The van der Waals surface area contributed by atoms with Crippen LogP contribution >= 0.6 is 0 Å². The number of H-pyrrole nitrogens is 1. The maximum atomic E-state index is 12.5. The quantitative estimate of drug-likeness (QED) is 0.796. The first-order chi connectivity index (χ1) is 8.57. The predicted octanol–water partition coefficient (Wildman–Crippen LogP) is 0.644. The van der Waals surface area contributed by atoms with Gasteiger partial charge in [-0.1, -0.05) is 6.42 Å². The molecule has 1 fully saturated rings. The van der Waals surface area contributed by atoms with Gasteiger partial charge in [0.25, 0.3) is 0 Å². The summed E-state index contributed by atoms with van der Waals surface area (Å²) in [6.07, 6.45) is 4.70. The Bertz CT molecular complexity index is 493. The van der Waals surface area contributed by atoms with Gasteiger partial charge in [-0.05, 0) is 26.2 Å². The fraction of sp³-hybridized carbons (Fsp3) is 0.727. The van der Waals surface area contributed by atoms with Gasteiger partial charge in [0, 0.05) is 19.2 Å². The third kappa shape index (κ3) is 2.43. The van der Waals surface area contributed by atoms with Crippen LogP contribution in [0.25, 0.3) is 0 Å². The molecule has 1 aliphatic rings. The van der Waals surface area contributed by atoms with Gasteiger partial charge in [0.05, 0.1) is 11.9 Å². The van der Waals surface area contributed by atoms with Crippen LogP contribution in [0.4, 0.5) is 0 Å². The monoisotopic (exact) mass is 273 g/mol. The van der Waals surface area contributed by atoms with Crippen molar-refractivity contribution in [2.45, 2.75) is 43.5 Å². The normalized spacial score (nSPS) is 17.1. The molecule has 1 aliphatic carbocycles. The Morgan fingerprint density at radius 3 is 2.72 bits per heavy atom. The molecule has 0 bridgehead atoms. The molecule has 1 heterocycles. The molecule has 7 heteroatoms. The number of aliphatic hydroxyl groups excluding tert-OH is 1. The Balaban J connectivity index is 2.26. The number of hydrogen-bond acceptors (Lipinski definition) is 4. The lowest BCUT2D eigenvalue weighted by atomic mass is 9.93. The number of nitrogens with zero attached hydrogens (tertiary/aromatic N) is 2. The Hall–Kier alpha value is -0.920. The van der Waals surface area contributed by atoms with Crippen molar-refractivity contribution in [3.63, 3.8) is 0 Å². The van der Waals surface area contributed by atoms with Crippen molar-refractivity contribution in [1.82, 2.24) is 14.5 Å². The molecule has 0 amide bonds. The van der Waals surface area contributed by atoms with Crippen molar-refractivity contribution < 1.29 is 13.5 Å². The average molecular weight is 273 g/mol. The SMILES string of the molecule is Cc1[nH]ncc1S(=O)(=O)N(CCCO)C1CCC1. The van der Waals surface area contributed by atoms with Gasteiger partial charge in [0.15, 0.2) is 0 Å². The predicted molar refractivity (Wildman–Crippen MR) is 66.6 cm³/mol. The summed E-state index contributed by atoms with van der Waals surface area (Å²) >= 11 is 0. The van der Waals surface area contributed by atoms with Crippen LogP contribution in [-0.4, -0.2) is 47.2 Å². The summed E-state index contributed by atoms with van der Waals surface area (Å²) in [6, 6.07) is 0.0795. The zero-order valence-electron chi connectivity index (χ0n) is 10.5. The Labute approximate surface area is 107 Å². The van der Waals surface area contributed by atoms with Gasteiger partial charge in [-0.25, -0.2) is 8.42 Å². The lowest BCUT2D eigenvalue weighted by Gasteiger charge is -2.36. The van der Waals surface area contributed by atoms with Crippen LogP contribution in [0.2, 0.25) is 0 Å². The number of rotatable bonds is 6. The summed E-state index contributed by atoms with van der Waals surface area (Å²) in [5.74, 6) is 0. The number of aryl methyl sites for hydroxylation is 1. The second-order valence-corrected chi connectivity index (χ2v) is 6.50. The van der Waals surface area contributed by atoms with Gasteiger partial charge in [-0.3, -0.25) is 5.10 Å². The van der Waals surface area contributed by atoms with E-state index in [0.29, 0.717) is 18.7 Å². The van der Waals surface area contributed by atoms with Crippen molar-refractivity contribution in [3.05, 3.63) is 11.9 Å². The average Bonchev–Trinajstić information content (AvgIpc) is 2.68. The van der Waals surface area contributed by atoms with Gasteiger partial charge in [0.1, 0.15) is 4.90 Å². The largest absolute Gasteiger partial charge is 0.396 e. The summed E-state index contributed by atoms with van der Waals surface area (Å²) in [7, 11) is -3.49. The lowest BCUT2D eigenvalue weighted by Crippen LogP contribution is -2.44. The second-order valence-electron chi connectivity index (χ2n) is 4.64. The number of sulfonamides is 1. The van der Waals surface area contributed by atoms with E-state index in [2.05, 4.69) is 10.2 Å². The van der Waals surface area contributed by atoms with E-state index >= 15 is 0 Å². The van der Waals surface area contributed by atoms with Crippen LogP contribution in [0.3, 0.4) is 0 Å². The number of aromatic amines is 1. The molecule has 2 rings (SSSR count). The van der Waals surface area contributed by atoms with Gasteiger partial charge in [0.2, 0.25) is 10.0 Å². The highest BCUT2D eigenvalue weighted by Crippen LogP contribution is 2.30. The van der Waals surface area contributed by atoms with E-state index in [1.165, 1.54) is 10.5 Å². The van der Waals surface area contributed by atoms with Crippen LogP contribution in [0, 0.1) is 6.92 Å². The summed E-state index contributed by atoms with van der Waals surface area (Å²) in [5.41, 5.74) is 0.559. The second kappa shape index (κ2) is 5.38. The van der Waals surface area contributed by atoms with Gasteiger partial charge >= 0.3 is 0 Å². The van der Waals surface area contributed by atoms with Crippen LogP contribution in [-0.2, 0) is 10.0 Å². The number of nitrogens with one attached hydrogen (secondary N) is 1. The van der Waals surface area contributed by atoms with Gasteiger partial charge in [-0.15, -0.1) is 0 Å². The molecule has 1 saturated carbocycles. The van der Waals surface area contributed by atoms with Crippen molar-refractivity contribution in [1.29, 1.82) is 0 Å². The molecule has 0 radical (unpaired) electrons. The van der Waals surface area contributed by atoms with E-state index in [0.717, 1.165) is 19.3 Å². The minimum absolute atomic E-state index is 0.00308. The molecular weight excluding hydrogens is 254 g/mol. The molecule has 1 aromatic rings. The van der Waals surface area contributed by atoms with Crippen LogP contribution < -0.4 is 0 Å². The van der Waals surface area contributed by atoms with Crippen LogP contribution in [0.15, 0.2) is 11.1 Å². The minimum Gasteiger partial charge on any atom is -0.396 e. The zero-order valence-corrected chi connectivity index (χ0v) is 11.3. The maximum absolute atomic E-state index is 12.5. The lowest BCUT2D eigenvalue weighted by molar-refractivity contribution is 0.198. The molecule has 0 spiro atoms. The Morgan fingerprint density at radius 1 is 1.56 bits per heavy atom. The van der Waals surface area contributed by atoms with Crippen molar-refractivity contribution in [2.75, 3.05) is 13.2 Å². The number of aliphatic hydroxyl groups is 1. The fourth-order valence-corrected chi connectivity index (χ4v) is 3.97. The van der Waals surface area contributed by atoms with Gasteiger partial charge < -0.3 is 5.11 Å². The molecule has 6 nitrogen and oxygen atoms in total. The van der Waals surface area contributed by atoms with Crippen molar-refractivity contribution >= 4 is 10.0 Å². The molecule has 1 aromatic heterocycles. The van der Waals surface area contributed by atoms with E-state index < -0.39 is 10.0 Å². The first-order valence-corrected chi connectivity index (χ1v) is 7.64.